The summed E-state index contributed by atoms with van der Waals surface area (Å²) in [5.74, 6) is -0.361. The first-order valence-corrected chi connectivity index (χ1v) is 13.8. The highest BCUT2D eigenvalue weighted by Crippen LogP contribution is 2.51. The maximum atomic E-state index is 13.5. The molecule has 0 fully saturated rings. The molecule has 0 bridgehead atoms. The molecule has 0 saturated heterocycles. The maximum absolute atomic E-state index is 13.5. The summed E-state index contributed by atoms with van der Waals surface area (Å²) in [6.45, 7) is 8.69. The van der Waals surface area contributed by atoms with E-state index in [-0.39, 0.29) is 33.5 Å². The van der Waals surface area contributed by atoms with Crippen molar-refractivity contribution < 1.29 is 14.5 Å². The lowest BCUT2D eigenvalue weighted by molar-refractivity contribution is -0.401. The number of nitrogens with zero attached hydrogens (tertiary/aromatic N) is 2. The van der Waals surface area contributed by atoms with Crippen molar-refractivity contribution in [2.45, 2.75) is 38.5 Å². The Balaban J connectivity index is 1.30. The monoisotopic (exact) mass is 524 g/mol. The van der Waals surface area contributed by atoms with Crippen molar-refractivity contribution in [2.75, 3.05) is 19.0 Å². The molecular formula is C36H32N2O2. The van der Waals surface area contributed by atoms with E-state index in [0.29, 0.717) is 0 Å². The molecule has 0 aromatic heterocycles. The molecule has 0 spiro atoms. The van der Waals surface area contributed by atoms with Gasteiger partial charge in [-0.3, -0.25) is 4.79 Å². The number of allylic oxidation sites excluding steroid dienone is 5. The van der Waals surface area contributed by atoms with Gasteiger partial charge in [-0.2, -0.15) is 4.58 Å². The smallest absolute Gasteiger partial charge is 0.210 e. The highest BCUT2D eigenvalue weighted by Gasteiger charge is 2.46. The van der Waals surface area contributed by atoms with E-state index in [1.807, 2.05) is 26.2 Å². The van der Waals surface area contributed by atoms with Crippen LogP contribution in [0.2, 0.25) is 0 Å². The second kappa shape index (κ2) is 8.04. The molecule has 0 saturated carbocycles. The van der Waals surface area contributed by atoms with Crippen molar-refractivity contribution in [3.8, 4) is 0 Å². The second-order valence-electron chi connectivity index (χ2n) is 12.3. The van der Waals surface area contributed by atoms with Crippen molar-refractivity contribution in [3.05, 3.63) is 119 Å². The molecule has 3 aliphatic rings. The van der Waals surface area contributed by atoms with Crippen LogP contribution in [-0.4, -0.2) is 30.2 Å². The quantitative estimate of drug-likeness (QED) is 0.224. The Kier molecular flexibility index (Phi) is 4.95. The number of anilines is 1. The minimum absolute atomic E-state index is 0.181. The first kappa shape index (κ1) is 24.6. The molecule has 4 aromatic carbocycles. The third kappa shape index (κ3) is 3.08. The lowest BCUT2D eigenvalue weighted by Gasteiger charge is -2.32. The summed E-state index contributed by atoms with van der Waals surface area (Å²) < 4.78 is 2.13. The van der Waals surface area contributed by atoms with Gasteiger partial charge in [0.05, 0.1) is 5.41 Å². The Bertz CT molecular complexity index is 1950. The van der Waals surface area contributed by atoms with Gasteiger partial charge in [-0.25, -0.2) is 0 Å². The maximum Gasteiger partial charge on any atom is 0.210 e. The molecule has 4 heteroatoms. The molecule has 0 amide bonds. The zero-order valence-electron chi connectivity index (χ0n) is 23.8. The second-order valence-corrected chi connectivity index (χ2v) is 12.3. The van der Waals surface area contributed by atoms with Gasteiger partial charge in [-0.15, -0.1) is 0 Å². The van der Waals surface area contributed by atoms with Crippen molar-refractivity contribution in [3.63, 3.8) is 0 Å². The SMILES string of the molecule is CN1C(=CC2=C([O-])C(=CC3=[N+](C)c4ccc5ccccc5c4C3(C)C)C2=O)C(C)(C)c2c1ccc1ccccc21. The van der Waals surface area contributed by atoms with Crippen LogP contribution in [0, 0.1) is 0 Å². The lowest BCUT2D eigenvalue weighted by Crippen LogP contribution is -2.34. The number of Topliss-reactive ketones (excluding diaryl/α,β-unsaturated/α-hetero) is 1. The topological polar surface area (TPSA) is 46.4 Å². The average Bonchev–Trinajstić information content (AvgIpc) is 3.27. The van der Waals surface area contributed by atoms with E-state index in [1.165, 1.54) is 32.7 Å². The van der Waals surface area contributed by atoms with E-state index in [9.17, 15) is 9.90 Å². The van der Waals surface area contributed by atoms with E-state index in [0.717, 1.165) is 22.8 Å². The number of carbonyl (C=O) groups is 1. The molecule has 0 atom stereocenters. The number of likely N-dealkylation sites (N-methyl/N-ethyl adjacent to an activating group) is 1. The molecule has 0 unspecified atom stereocenters. The zero-order valence-corrected chi connectivity index (χ0v) is 23.8. The summed E-state index contributed by atoms with van der Waals surface area (Å²) in [7, 11) is 4.04. The molecule has 4 nitrogen and oxygen atoms in total. The molecule has 7 rings (SSSR count). The number of rotatable bonds is 2. The summed E-state index contributed by atoms with van der Waals surface area (Å²) in [5, 5.41) is 18.3. The minimum atomic E-state index is -0.358. The summed E-state index contributed by atoms with van der Waals surface area (Å²) >= 11 is 0. The molecule has 0 N–H and O–H groups in total. The van der Waals surface area contributed by atoms with Crippen molar-refractivity contribution in [2.24, 2.45) is 0 Å². The Labute approximate surface area is 234 Å². The number of carbonyl (C=O) groups excluding carboxylic acids is 1. The number of benzene rings is 4. The van der Waals surface area contributed by atoms with Gasteiger partial charge in [0.25, 0.3) is 0 Å². The van der Waals surface area contributed by atoms with Gasteiger partial charge in [0.15, 0.2) is 11.5 Å². The Hall–Kier alpha value is -4.44. The van der Waals surface area contributed by atoms with Crippen molar-refractivity contribution >= 4 is 44.4 Å². The highest BCUT2D eigenvalue weighted by molar-refractivity contribution is 6.24. The highest BCUT2D eigenvalue weighted by atomic mass is 16.3. The fraction of sp³-hybridized carbons (Fsp3) is 0.222. The largest absolute Gasteiger partial charge is 0.871 e. The molecule has 2 aliphatic heterocycles. The van der Waals surface area contributed by atoms with Gasteiger partial charge in [0, 0.05) is 52.7 Å². The Morgan fingerprint density at radius 3 is 2.02 bits per heavy atom. The minimum Gasteiger partial charge on any atom is -0.871 e. The van der Waals surface area contributed by atoms with Crippen LogP contribution in [0.5, 0.6) is 0 Å². The van der Waals surface area contributed by atoms with E-state index in [4.69, 9.17) is 0 Å². The van der Waals surface area contributed by atoms with Crippen molar-refractivity contribution in [1.82, 2.24) is 0 Å². The molecule has 1 aliphatic carbocycles. The summed E-state index contributed by atoms with van der Waals surface area (Å²) in [6, 6.07) is 25.3. The van der Waals surface area contributed by atoms with Gasteiger partial charge in [0.2, 0.25) is 5.69 Å². The average molecular weight is 525 g/mol. The third-order valence-corrected chi connectivity index (χ3v) is 9.33. The fourth-order valence-electron chi connectivity index (χ4n) is 7.27. The van der Waals surface area contributed by atoms with Crippen LogP contribution in [0.4, 0.5) is 11.4 Å². The normalized spacial score (nSPS) is 21.1. The van der Waals surface area contributed by atoms with E-state index >= 15 is 0 Å². The Morgan fingerprint density at radius 1 is 0.775 bits per heavy atom. The van der Waals surface area contributed by atoms with Crippen LogP contribution in [0.15, 0.2) is 108 Å². The molecule has 2 heterocycles. The van der Waals surface area contributed by atoms with Crippen LogP contribution in [0.25, 0.3) is 21.5 Å². The first-order valence-electron chi connectivity index (χ1n) is 13.8. The number of hydrogen-bond acceptors (Lipinski definition) is 3. The van der Waals surface area contributed by atoms with E-state index in [1.54, 1.807) is 0 Å². The van der Waals surface area contributed by atoms with Crippen LogP contribution in [0.1, 0.15) is 38.8 Å². The number of hydrogen-bond donors (Lipinski definition) is 0. The number of fused-ring (bicyclic) bond motifs is 6. The fourth-order valence-corrected chi connectivity index (χ4v) is 7.27. The molecular weight excluding hydrogens is 492 g/mol. The predicted molar refractivity (Wildman–Crippen MR) is 161 cm³/mol. The van der Waals surface area contributed by atoms with Gasteiger partial charge in [-0.1, -0.05) is 74.2 Å². The Morgan fingerprint density at radius 2 is 1.38 bits per heavy atom. The van der Waals surface area contributed by atoms with Crippen LogP contribution in [0.3, 0.4) is 0 Å². The van der Waals surface area contributed by atoms with E-state index in [2.05, 4.69) is 110 Å². The first-order chi connectivity index (χ1) is 19.0. The van der Waals surface area contributed by atoms with Crippen LogP contribution < -0.4 is 10.0 Å². The number of ketones is 1. The summed E-state index contributed by atoms with van der Waals surface area (Å²) in [4.78, 5) is 15.7. The van der Waals surface area contributed by atoms with Gasteiger partial charge >= 0.3 is 0 Å². The van der Waals surface area contributed by atoms with Gasteiger partial charge in [0.1, 0.15) is 7.05 Å². The van der Waals surface area contributed by atoms with Gasteiger partial charge < -0.3 is 10.0 Å². The lowest BCUT2D eigenvalue weighted by atomic mass is 9.76. The van der Waals surface area contributed by atoms with Crippen LogP contribution >= 0.6 is 0 Å². The summed E-state index contributed by atoms with van der Waals surface area (Å²) in [6.07, 6.45) is 3.65. The standard InChI is InChI=1S/C36H32N2O2/c1-35(2)29(37(5)27-17-15-21-11-7-9-13-23(21)31(27)35)19-25-33(39)26(34(25)40)20-30-36(3,4)32-24-14-10-8-12-22(24)16-18-28(32)38(30)6/h7-20H,1-6H3. The van der Waals surface area contributed by atoms with Crippen molar-refractivity contribution in [1.29, 1.82) is 0 Å². The summed E-state index contributed by atoms with van der Waals surface area (Å²) in [5.41, 5.74) is 6.40. The molecule has 4 aromatic rings. The molecule has 198 valence electrons. The zero-order chi connectivity index (χ0) is 28.1. The van der Waals surface area contributed by atoms with E-state index < -0.39 is 0 Å². The molecule has 40 heavy (non-hydrogen) atoms. The van der Waals surface area contributed by atoms with Gasteiger partial charge in [-0.05, 0) is 59.2 Å². The van der Waals surface area contributed by atoms with Crippen LogP contribution in [-0.2, 0) is 15.6 Å². The third-order valence-electron chi connectivity index (χ3n) is 9.33. The predicted octanol–water partition coefficient (Wildman–Crippen LogP) is 6.43. The molecule has 0 radical (unpaired) electrons.